The first kappa shape index (κ1) is 11.8. The first-order chi connectivity index (χ1) is 8.15. The molecule has 2 rings (SSSR count). The largest absolute Gasteiger partial charge is 0.462 e. The van der Waals surface area contributed by atoms with Gasteiger partial charge in [0.1, 0.15) is 15.9 Å². The third-order valence-corrected chi connectivity index (χ3v) is 3.01. The topological polar surface area (TPSA) is 55.3 Å². The highest BCUT2D eigenvalue weighted by Crippen LogP contribution is 2.29. The number of carbonyl (C=O) groups is 1. The van der Waals surface area contributed by atoms with E-state index in [0.29, 0.717) is 12.2 Å². The minimum atomic E-state index is -0.362. The first-order valence-electron chi connectivity index (χ1n) is 5.21. The van der Waals surface area contributed by atoms with Crippen LogP contribution in [0, 0.1) is 0 Å². The second kappa shape index (κ2) is 4.67. The van der Waals surface area contributed by atoms with E-state index in [0.717, 1.165) is 16.0 Å². The molecule has 0 saturated heterocycles. The van der Waals surface area contributed by atoms with Crippen molar-refractivity contribution in [2.75, 3.05) is 25.6 Å². The molecule has 2 heterocycles. The number of aromatic nitrogens is 2. The molecule has 6 heteroatoms. The summed E-state index contributed by atoms with van der Waals surface area (Å²) in [5, 5.41) is 0. The van der Waals surface area contributed by atoms with Gasteiger partial charge in [-0.3, -0.25) is 0 Å². The van der Waals surface area contributed by atoms with Crippen molar-refractivity contribution in [2.45, 2.75) is 6.92 Å². The third kappa shape index (κ3) is 2.08. The van der Waals surface area contributed by atoms with E-state index in [-0.39, 0.29) is 5.97 Å². The normalized spacial score (nSPS) is 10.5. The second-order valence-corrected chi connectivity index (χ2v) is 4.47. The zero-order chi connectivity index (χ0) is 12.4. The summed E-state index contributed by atoms with van der Waals surface area (Å²) in [6.07, 6.45) is 1.55. The molecule has 0 fully saturated rings. The molecule has 0 amide bonds. The summed E-state index contributed by atoms with van der Waals surface area (Å²) in [4.78, 5) is 23.0. The van der Waals surface area contributed by atoms with Gasteiger partial charge in [0.2, 0.25) is 0 Å². The Hall–Kier alpha value is -1.69. The molecule has 0 N–H and O–H groups in total. The van der Waals surface area contributed by atoms with E-state index in [1.165, 1.54) is 11.3 Å². The van der Waals surface area contributed by atoms with Crippen LogP contribution in [0.2, 0.25) is 0 Å². The number of carbonyl (C=O) groups excluding carboxylic acids is 1. The molecule has 0 radical (unpaired) electrons. The van der Waals surface area contributed by atoms with E-state index in [1.807, 2.05) is 19.0 Å². The maximum Gasteiger partial charge on any atom is 0.341 e. The van der Waals surface area contributed by atoms with Crippen LogP contribution in [0.4, 0.5) is 5.69 Å². The Bertz CT molecular complexity index is 551. The van der Waals surface area contributed by atoms with Crippen LogP contribution in [0.25, 0.3) is 10.3 Å². The molecule has 0 aliphatic carbocycles. The van der Waals surface area contributed by atoms with E-state index in [1.54, 1.807) is 18.6 Å². The Morgan fingerprint density at radius 1 is 1.47 bits per heavy atom. The van der Waals surface area contributed by atoms with Crippen LogP contribution in [-0.2, 0) is 4.74 Å². The van der Waals surface area contributed by atoms with Gasteiger partial charge in [0.05, 0.1) is 17.8 Å². The molecule has 2 aromatic rings. The zero-order valence-electron chi connectivity index (χ0n) is 9.93. The molecular formula is C11H13N3O2S. The fraction of sp³-hybridized carbons (Fsp3) is 0.364. The van der Waals surface area contributed by atoms with Gasteiger partial charge in [-0.25, -0.2) is 14.8 Å². The third-order valence-electron chi connectivity index (χ3n) is 2.28. The molecule has 0 bridgehead atoms. The van der Waals surface area contributed by atoms with Crippen molar-refractivity contribution >= 4 is 33.3 Å². The van der Waals surface area contributed by atoms with Crippen molar-refractivity contribution in [3.63, 3.8) is 0 Å². The second-order valence-electron chi connectivity index (χ2n) is 3.64. The van der Waals surface area contributed by atoms with Crippen molar-refractivity contribution in [3.05, 3.63) is 17.3 Å². The standard InChI is InChI=1S/C11H13N3O2S/c1-4-16-11(15)7-5-12-10-8(13-6-17-10)9(7)14(2)3/h5-6H,4H2,1-3H3. The predicted molar refractivity (Wildman–Crippen MR) is 67.7 cm³/mol. The van der Waals surface area contributed by atoms with Crippen molar-refractivity contribution in [1.29, 1.82) is 0 Å². The Labute approximate surface area is 103 Å². The van der Waals surface area contributed by atoms with E-state index < -0.39 is 0 Å². The monoisotopic (exact) mass is 251 g/mol. The molecule has 2 aromatic heterocycles. The van der Waals surface area contributed by atoms with Crippen molar-refractivity contribution < 1.29 is 9.53 Å². The molecule has 0 aliphatic rings. The van der Waals surface area contributed by atoms with Crippen LogP contribution >= 0.6 is 11.3 Å². The van der Waals surface area contributed by atoms with Crippen LogP contribution in [0.5, 0.6) is 0 Å². The van der Waals surface area contributed by atoms with Gasteiger partial charge >= 0.3 is 5.97 Å². The summed E-state index contributed by atoms with van der Waals surface area (Å²) in [7, 11) is 3.74. The van der Waals surface area contributed by atoms with Gasteiger partial charge in [-0.2, -0.15) is 0 Å². The zero-order valence-corrected chi connectivity index (χ0v) is 10.7. The van der Waals surface area contributed by atoms with Gasteiger partial charge < -0.3 is 9.64 Å². The van der Waals surface area contributed by atoms with Crippen LogP contribution in [0.3, 0.4) is 0 Å². The predicted octanol–water partition coefficient (Wildman–Crippen LogP) is 1.93. The number of nitrogens with zero attached hydrogens (tertiary/aromatic N) is 3. The summed E-state index contributed by atoms with van der Waals surface area (Å²) >= 11 is 1.45. The number of rotatable bonds is 3. The molecule has 0 saturated carbocycles. The minimum Gasteiger partial charge on any atom is -0.462 e. The molecule has 90 valence electrons. The van der Waals surface area contributed by atoms with E-state index in [2.05, 4.69) is 9.97 Å². The lowest BCUT2D eigenvalue weighted by molar-refractivity contribution is 0.0527. The van der Waals surface area contributed by atoms with E-state index in [4.69, 9.17) is 4.74 Å². The number of esters is 1. The Morgan fingerprint density at radius 3 is 2.88 bits per heavy atom. The maximum absolute atomic E-state index is 11.8. The van der Waals surface area contributed by atoms with Gasteiger partial charge in [-0.15, -0.1) is 11.3 Å². The highest BCUT2D eigenvalue weighted by molar-refractivity contribution is 7.16. The smallest absolute Gasteiger partial charge is 0.341 e. The maximum atomic E-state index is 11.8. The summed E-state index contributed by atoms with van der Waals surface area (Å²) in [5.41, 5.74) is 3.68. The molecular weight excluding hydrogens is 238 g/mol. The van der Waals surface area contributed by atoms with Crippen molar-refractivity contribution in [1.82, 2.24) is 9.97 Å². The van der Waals surface area contributed by atoms with Crippen molar-refractivity contribution in [3.8, 4) is 0 Å². The summed E-state index contributed by atoms with van der Waals surface area (Å²) in [6, 6.07) is 0. The molecule has 0 atom stereocenters. The first-order valence-corrected chi connectivity index (χ1v) is 6.09. The summed E-state index contributed by atoms with van der Waals surface area (Å²) in [5.74, 6) is -0.362. The number of pyridine rings is 1. The lowest BCUT2D eigenvalue weighted by atomic mass is 10.2. The van der Waals surface area contributed by atoms with Gasteiger partial charge in [0.25, 0.3) is 0 Å². The summed E-state index contributed by atoms with van der Waals surface area (Å²) < 4.78 is 5.01. The quantitative estimate of drug-likeness (QED) is 0.780. The number of thiazole rings is 1. The molecule has 5 nitrogen and oxygen atoms in total. The SMILES string of the molecule is CCOC(=O)c1cnc2scnc2c1N(C)C. The minimum absolute atomic E-state index is 0.348. The van der Waals surface area contributed by atoms with E-state index >= 15 is 0 Å². The van der Waals surface area contributed by atoms with Gasteiger partial charge in [-0.05, 0) is 6.92 Å². The highest BCUT2D eigenvalue weighted by atomic mass is 32.1. The fourth-order valence-electron chi connectivity index (χ4n) is 1.62. The number of ether oxygens (including phenoxy) is 1. The van der Waals surface area contributed by atoms with Gasteiger partial charge in [-0.1, -0.05) is 0 Å². The van der Waals surface area contributed by atoms with Crippen LogP contribution in [0.1, 0.15) is 17.3 Å². The van der Waals surface area contributed by atoms with Crippen LogP contribution in [-0.4, -0.2) is 36.6 Å². The molecule has 0 spiro atoms. The Balaban J connectivity index is 2.61. The molecule has 0 unspecified atom stereocenters. The van der Waals surface area contributed by atoms with Gasteiger partial charge in [0, 0.05) is 20.3 Å². The van der Waals surface area contributed by atoms with Crippen molar-refractivity contribution in [2.24, 2.45) is 0 Å². The lowest BCUT2D eigenvalue weighted by Crippen LogP contribution is -2.16. The number of hydrogen-bond donors (Lipinski definition) is 0. The average molecular weight is 251 g/mol. The fourth-order valence-corrected chi connectivity index (χ4v) is 2.25. The highest BCUT2D eigenvalue weighted by Gasteiger charge is 2.19. The molecule has 17 heavy (non-hydrogen) atoms. The van der Waals surface area contributed by atoms with Crippen LogP contribution < -0.4 is 4.90 Å². The number of fused-ring (bicyclic) bond motifs is 1. The number of hydrogen-bond acceptors (Lipinski definition) is 6. The Kier molecular flexibility index (Phi) is 3.23. The van der Waals surface area contributed by atoms with Gasteiger partial charge in [0.15, 0.2) is 0 Å². The Morgan fingerprint density at radius 2 is 2.24 bits per heavy atom. The van der Waals surface area contributed by atoms with Crippen LogP contribution in [0.15, 0.2) is 11.7 Å². The average Bonchev–Trinajstić information content (AvgIpc) is 2.75. The molecule has 0 aromatic carbocycles. The molecule has 0 aliphatic heterocycles. The summed E-state index contributed by atoms with van der Waals surface area (Å²) in [6.45, 7) is 2.13. The van der Waals surface area contributed by atoms with E-state index in [9.17, 15) is 4.79 Å². The number of anilines is 1. The lowest BCUT2D eigenvalue weighted by Gasteiger charge is -2.16.